The fourth-order valence-electron chi connectivity index (χ4n) is 5.46. The van der Waals surface area contributed by atoms with E-state index >= 15 is 0 Å². The number of anilines is 2. The van der Waals surface area contributed by atoms with E-state index in [1.807, 2.05) is 38.1 Å². The summed E-state index contributed by atoms with van der Waals surface area (Å²) in [6.07, 6.45) is 5.80. The van der Waals surface area contributed by atoms with Gasteiger partial charge in [0.15, 0.2) is 0 Å². The molecule has 2 aliphatic rings. The maximum atomic E-state index is 10.3. The van der Waals surface area contributed by atoms with Crippen LogP contribution in [0.2, 0.25) is 0 Å². The lowest BCUT2D eigenvalue weighted by atomic mass is 10.1. The van der Waals surface area contributed by atoms with Crippen molar-refractivity contribution in [3.05, 3.63) is 106 Å². The Morgan fingerprint density at radius 1 is 0.725 bits per heavy atom. The second kappa shape index (κ2) is 12.1. The quantitative estimate of drug-likeness (QED) is 0.276. The lowest BCUT2D eigenvalue weighted by molar-refractivity contribution is 0.165. The third kappa shape index (κ3) is 5.83. The summed E-state index contributed by atoms with van der Waals surface area (Å²) in [6, 6.07) is 16.1. The molecule has 8 heteroatoms. The smallest absolute Gasteiger partial charge is 0.148 e. The van der Waals surface area contributed by atoms with Crippen LogP contribution in [0.5, 0.6) is 0 Å². The van der Waals surface area contributed by atoms with Gasteiger partial charge in [0, 0.05) is 25.2 Å². The monoisotopic (exact) mass is 538 g/mol. The first kappa shape index (κ1) is 27.7. The first-order valence-corrected chi connectivity index (χ1v) is 14.1. The highest BCUT2D eigenvalue weighted by atomic mass is 16.3. The summed E-state index contributed by atoms with van der Waals surface area (Å²) in [4.78, 5) is 17.9. The number of aliphatic hydroxyl groups excluding tert-OH is 2. The first-order chi connectivity index (χ1) is 19.4. The lowest BCUT2D eigenvalue weighted by Crippen LogP contribution is -2.22. The van der Waals surface area contributed by atoms with Crippen molar-refractivity contribution >= 4 is 11.6 Å². The molecule has 2 aromatic heterocycles. The van der Waals surface area contributed by atoms with Crippen molar-refractivity contribution < 1.29 is 10.2 Å². The van der Waals surface area contributed by atoms with Crippen molar-refractivity contribution in [1.29, 1.82) is 0 Å². The van der Waals surface area contributed by atoms with Crippen molar-refractivity contribution in [1.82, 2.24) is 19.9 Å². The number of nitrogens with one attached hydrogen (secondary N) is 2. The summed E-state index contributed by atoms with van der Waals surface area (Å²) in [7, 11) is 0. The van der Waals surface area contributed by atoms with Gasteiger partial charge in [-0.25, -0.2) is 9.97 Å². The summed E-state index contributed by atoms with van der Waals surface area (Å²) in [5.74, 6) is 1.55. The van der Waals surface area contributed by atoms with E-state index in [1.165, 1.54) is 11.1 Å². The number of hydrogen-bond acceptors (Lipinski definition) is 8. The predicted molar refractivity (Wildman–Crippen MR) is 157 cm³/mol. The normalized spacial score (nSPS) is 20.8. The Morgan fingerprint density at radius 2 is 1.30 bits per heavy atom. The topological polar surface area (TPSA) is 116 Å². The number of hydrogen-bond donors (Lipinski definition) is 4. The number of aromatic nitrogens is 4. The third-order valence-electron chi connectivity index (χ3n) is 7.66. The second-order valence-corrected chi connectivity index (χ2v) is 10.5. The van der Waals surface area contributed by atoms with Crippen molar-refractivity contribution in [2.24, 2.45) is 0 Å². The zero-order valence-corrected chi connectivity index (χ0v) is 23.6. The molecular formula is C32H38N6O2. The fourth-order valence-corrected chi connectivity index (χ4v) is 5.46. The summed E-state index contributed by atoms with van der Waals surface area (Å²) in [6.45, 7) is 7.98. The number of aliphatic hydroxyl groups is 2. The van der Waals surface area contributed by atoms with E-state index in [-0.39, 0.29) is 12.1 Å². The molecule has 0 aliphatic heterocycles. The van der Waals surface area contributed by atoms with Crippen LogP contribution in [0.15, 0.2) is 60.9 Å². The van der Waals surface area contributed by atoms with Gasteiger partial charge >= 0.3 is 0 Å². The molecule has 0 bridgehead atoms. The molecule has 4 atom stereocenters. The van der Waals surface area contributed by atoms with Crippen LogP contribution >= 0.6 is 0 Å². The zero-order valence-electron chi connectivity index (χ0n) is 23.6. The van der Waals surface area contributed by atoms with Crippen molar-refractivity contribution in [3.63, 3.8) is 0 Å². The van der Waals surface area contributed by atoms with Gasteiger partial charge < -0.3 is 20.8 Å². The van der Waals surface area contributed by atoms with Crippen LogP contribution in [-0.4, -0.2) is 42.4 Å². The molecule has 2 unspecified atom stereocenters. The summed E-state index contributed by atoms with van der Waals surface area (Å²) >= 11 is 0. The summed E-state index contributed by atoms with van der Waals surface area (Å²) in [5.41, 5.74) is 8.36. The van der Waals surface area contributed by atoms with Crippen LogP contribution in [0.3, 0.4) is 0 Å². The minimum Gasteiger partial charge on any atom is -0.390 e. The minimum absolute atomic E-state index is 0.104. The van der Waals surface area contributed by atoms with Crippen LogP contribution in [0.4, 0.5) is 11.6 Å². The standard InChI is InChI=1S/2C16H19N3O/c1-3-12-9-17-10(2)16(18-12)19-15-13-7-5-4-6-11(13)8-14(15)20;1-3-13-16(18-10(2)9-17-13)19-15-12-7-5-4-6-11(12)8-14(15)20/h2*4-7,9,14-15,20H,3,8H2,1-2H3,(H,18,19)/t2*14-,15?/m00/s1. The largest absolute Gasteiger partial charge is 0.390 e. The van der Waals surface area contributed by atoms with E-state index in [0.29, 0.717) is 12.8 Å². The van der Waals surface area contributed by atoms with Gasteiger partial charge in [0.2, 0.25) is 0 Å². The van der Waals surface area contributed by atoms with Gasteiger partial charge in [-0.15, -0.1) is 0 Å². The molecule has 4 N–H and O–H groups in total. The summed E-state index contributed by atoms with van der Waals surface area (Å²) in [5, 5.41) is 27.3. The molecule has 0 spiro atoms. The molecule has 2 heterocycles. The van der Waals surface area contributed by atoms with E-state index in [9.17, 15) is 10.2 Å². The van der Waals surface area contributed by atoms with E-state index in [1.54, 1.807) is 12.4 Å². The molecular weight excluding hydrogens is 500 g/mol. The SMILES string of the molecule is CCc1cnc(C)c(NC2c3ccccc3C[C@@H]2O)n1.CCc1ncc(C)nc1NC1c2ccccc2C[C@@H]1O. The maximum absolute atomic E-state index is 10.3. The van der Waals surface area contributed by atoms with Crippen LogP contribution in [0.25, 0.3) is 0 Å². The van der Waals surface area contributed by atoms with E-state index in [2.05, 4.69) is 68.7 Å². The Bertz CT molecular complexity index is 1480. The molecule has 0 fully saturated rings. The maximum Gasteiger partial charge on any atom is 0.148 e. The molecule has 0 radical (unpaired) electrons. The van der Waals surface area contributed by atoms with Gasteiger partial charge in [0.1, 0.15) is 11.6 Å². The molecule has 208 valence electrons. The Hall–Kier alpha value is -3.88. The molecule has 0 saturated heterocycles. The average molecular weight is 539 g/mol. The Morgan fingerprint density at radius 3 is 1.88 bits per heavy atom. The lowest BCUT2D eigenvalue weighted by Gasteiger charge is -2.20. The third-order valence-corrected chi connectivity index (χ3v) is 7.66. The van der Waals surface area contributed by atoms with Crippen LogP contribution < -0.4 is 10.6 Å². The number of fused-ring (bicyclic) bond motifs is 2. The number of aryl methyl sites for hydroxylation is 4. The molecule has 2 aliphatic carbocycles. The van der Waals surface area contributed by atoms with E-state index < -0.39 is 12.2 Å². The molecule has 8 nitrogen and oxygen atoms in total. The summed E-state index contributed by atoms with van der Waals surface area (Å²) < 4.78 is 0. The second-order valence-electron chi connectivity index (χ2n) is 10.5. The Kier molecular flexibility index (Phi) is 8.38. The Labute approximate surface area is 236 Å². The Balaban J connectivity index is 0.000000161. The van der Waals surface area contributed by atoms with Crippen molar-refractivity contribution in [3.8, 4) is 0 Å². The van der Waals surface area contributed by atoms with Crippen LogP contribution in [0, 0.1) is 13.8 Å². The molecule has 6 rings (SSSR count). The minimum atomic E-state index is -0.418. The van der Waals surface area contributed by atoms with Gasteiger partial charge in [-0.2, -0.15) is 0 Å². The highest BCUT2D eigenvalue weighted by molar-refractivity contribution is 5.49. The molecule has 4 aromatic rings. The van der Waals surface area contributed by atoms with Gasteiger partial charge in [-0.1, -0.05) is 62.4 Å². The first-order valence-electron chi connectivity index (χ1n) is 14.1. The highest BCUT2D eigenvalue weighted by Gasteiger charge is 2.32. The fraction of sp³-hybridized carbons (Fsp3) is 0.375. The number of rotatable bonds is 6. The number of nitrogens with zero attached hydrogens (tertiary/aromatic N) is 4. The molecule has 0 amide bonds. The molecule has 40 heavy (non-hydrogen) atoms. The molecule has 0 saturated carbocycles. The number of benzene rings is 2. The van der Waals surface area contributed by atoms with E-state index in [0.717, 1.165) is 58.4 Å². The average Bonchev–Trinajstić information content (AvgIpc) is 3.45. The molecule has 2 aromatic carbocycles. The van der Waals surface area contributed by atoms with Gasteiger partial charge in [-0.05, 0) is 48.9 Å². The van der Waals surface area contributed by atoms with Crippen LogP contribution in [0.1, 0.15) is 71.0 Å². The van der Waals surface area contributed by atoms with Crippen molar-refractivity contribution in [2.45, 2.75) is 77.7 Å². The van der Waals surface area contributed by atoms with Crippen LogP contribution in [-0.2, 0) is 25.7 Å². The predicted octanol–water partition coefficient (Wildman–Crippen LogP) is 4.84. The van der Waals surface area contributed by atoms with Gasteiger partial charge in [0.25, 0.3) is 0 Å². The van der Waals surface area contributed by atoms with Gasteiger partial charge in [-0.3, -0.25) is 9.97 Å². The van der Waals surface area contributed by atoms with Crippen molar-refractivity contribution in [2.75, 3.05) is 10.6 Å². The highest BCUT2D eigenvalue weighted by Crippen LogP contribution is 2.35. The van der Waals surface area contributed by atoms with E-state index in [4.69, 9.17) is 0 Å². The zero-order chi connectivity index (χ0) is 28.2. The van der Waals surface area contributed by atoms with Gasteiger partial charge in [0.05, 0.1) is 47.1 Å².